The summed E-state index contributed by atoms with van der Waals surface area (Å²) in [6, 6.07) is 3.21. The van der Waals surface area contributed by atoms with E-state index in [1.165, 1.54) is 29.4 Å². The molecule has 0 spiro atoms. The number of hydrogen-bond donors (Lipinski definition) is 2. The van der Waals surface area contributed by atoms with Gasteiger partial charge in [0.15, 0.2) is 0 Å². The van der Waals surface area contributed by atoms with Gasteiger partial charge in [0.2, 0.25) is 0 Å². The third-order valence-electron chi connectivity index (χ3n) is 4.16. The highest BCUT2D eigenvalue weighted by Gasteiger charge is 2.30. The highest BCUT2D eigenvalue weighted by atomic mass is 32.1. The number of halogens is 2. The molecule has 0 saturated carbocycles. The zero-order valence-corrected chi connectivity index (χ0v) is 14.6. The summed E-state index contributed by atoms with van der Waals surface area (Å²) < 4.78 is 32.5. The number of hydrogen-bond acceptors (Lipinski definition) is 4. The zero-order chi connectivity index (χ0) is 18.1. The first-order valence-electron chi connectivity index (χ1n) is 7.72. The molecule has 1 aliphatic rings. The standard InChI is InChI=1S/C17H16F2N2O3S/c1-21-7-6-9-12(8-21)25-16(13(9)17(23)24-2)20-15(22)14-10(18)4-3-5-11(14)19/h3-5H,6-8H2,1-2H3,(H,20,22)/p+1. The minimum absolute atomic E-state index is 0.263. The fourth-order valence-corrected chi connectivity index (χ4v) is 4.25. The van der Waals surface area contributed by atoms with E-state index >= 15 is 0 Å². The van der Waals surface area contributed by atoms with Crippen molar-refractivity contribution < 1.29 is 28.0 Å². The number of thiophene rings is 1. The average molecular weight is 367 g/mol. The van der Waals surface area contributed by atoms with Gasteiger partial charge in [-0.3, -0.25) is 4.79 Å². The Kier molecular flexibility index (Phi) is 4.82. The fourth-order valence-electron chi connectivity index (χ4n) is 2.91. The average Bonchev–Trinajstić information content (AvgIpc) is 2.90. The van der Waals surface area contributed by atoms with Crippen molar-refractivity contribution in [1.29, 1.82) is 0 Å². The molecule has 5 nitrogen and oxygen atoms in total. The first kappa shape index (κ1) is 17.5. The number of anilines is 1. The topological polar surface area (TPSA) is 59.8 Å². The number of quaternary nitrogens is 1. The normalized spacial score (nSPS) is 16.2. The monoisotopic (exact) mass is 367 g/mol. The van der Waals surface area contributed by atoms with Crippen LogP contribution in [0.25, 0.3) is 0 Å². The Balaban J connectivity index is 2.00. The molecule has 25 heavy (non-hydrogen) atoms. The zero-order valence-electron chi connectivity index (χ0n) is 13.7. The summed E-state index contributed by atoms with van der Waals surface area (Å²) in [5.41, 5.74) is 0.444. The van der Waals surface area contributed by atoms with Crippen LogP contribution >= 0.6 is 11.3 Å². The molecule has 0 bridgehead atoms. The minimum atomic E-state index is -0.956. The van der Waals surface area contributed by atoms with E-state index in [0.29, 0.717) is 13.0 Å². The van der Waals surface area contributed by atoms with Gasteiger partial charge >= 0.3 is 5.97 Å². The molecule has 2 aromatic rings. The Morgan fingerprint density at radius 1 is 1.24 bits per heavy atom. The largest absolute Gasteiger partial charge is 0.465 e. The number of amides is 1. The van der Waals surface area contributed by atoms with Crippen LogP contribution in [0.15, 0.2) is 18.2 Å². The van der Waals surface area contributed by atoms with Gasteiger partial charge in [-0.05, 0) is 17.7 Å². The molecule has 2 heterocycles. The maximum atomic E-state index is 13.8. The van der Waals surface area contributed by atoms with Crippen LogP contribution in [0.1, 0.15) is 31.2 Å². The number of likely N-dealkylation sites (N-methyl/N-ethyl adjacent to an activating group) is 1. The van der Waals surface area contributed by atoms with Crippen LogP contribution in [0, 0.1) is 11.6 Å². The van der Waals surface area contributed by atoms with Crippen molar-refractivity contribution in [3.05, 3.63) is 51.4 Å². The Bertz CT molecular complexity index is 830. The molecule has 1 aliphatic heterocycles. The predicted molar refractivity (Wildman–Crippen MR) is 89.1 cm³/mol. The van der Waals surface area contributed by atoms with Crippen molar-refractivity contribution in [2.75, 3.05) is 26.0 Å². The molecule has 0 radical (unpaired) electrons. The molecule has 1 aromatic heterocycles. The number of carbonyl (C=O) groups is 2. The molecule has 1 aromatic carbocycles. The number of carbonyl (C=O) groups excluding carboxylic acids is 2. The van der Waals surface area contributed by atoms with Gasteiger partial charge in [0.05, 0.1) is 31.1 Å². The van der Waals surface area contributed by atoms with Crippen LogP contribution in [0.5, 0.6) is 0 Å². The second kappa shape index (κ2) is 6.89. The molecular formula is C17H17F2N2O3S+. The smallest absolute Gasteiger partial charge is 0.341 e. The van der Waals surface area contributed by atoms with E-state index in [1.54, 1.807) is 0 Å². The van der Waals surface area contributed by atoms with Gasteiger partial charge < -0.3 is 15.0 Å². The summed E-state index contributed by atoms with van der Waals surface area (Å²) in [6.45, 7) is 1.57. The molecule has 3 rings (SSSR count). The molecule has 0 fully saturated rings. The maximum absolute atomic E-state index is 13.8. The third-order valence-corrected chi connectivity index (χ3v) is 5.31. The minimum Gasteiger partial charge on any atom is -0.465 e. The summed E-state index contributed by atoms with van der Waals surface area (Å²) >= 11 is 1.25. The highest BCUT2D eigenvalue weighted by Crippen LogP contribution is 2.35. The van der Waals surface area contributed by atoms with Crippen LogP contribution in [0.3, 0.4) is 0 Å². The van der Waals surface area contributed by atoms with Crippen LogP contribution in [-0.4, -0.2) is 32.6 Å². The lowest BCUT2D eigenvalue weighted by molar-refractivity contribution is -0.895. The molecule has 1 unspecified atom stereocenters. The third kappa shape index (κ3) is 3.27. The van der Waals surface area contributed by atoms with Crippen LogP contribution in [0.2, 0.25) is 0 Å². The van der Waals surface area contributed by atoms with Gasteiger partial charge in [-0.2, -0.15) is 0 Å². The lowest BCUT2D eigenvalue weighted by Crippen LogP contribution is -3.08. The highest BCUT2D eigenvalue weighted by molar-refractivity contribution is 7.17. The molecule has 1 atom stereocenters. The van der Waals surface area contributed by atoms with Gasteiger partial charge in [0.1, 0.15) is 28.7 Å². The van der Waals surface area contributed by atoms with Crippen LogP contribution in [0.4, 0.5) is 13.8 Å². The number of ether oxygens (including phenoxy) is 1. The van der Waals surface area contributed by atoms with E-state index < -0.39 is 29.1 Å². The molecule has 0 saturated heterocycles. The van der Waals surface area contributed by atoms with E-state index in [2.05, 4.69) is 5.32 Å². The van der Waals surface area contributed by atoms with Gasteiger partial charge in [-0.15, -0.1) is 11.3 Å². The predicted octanol–water partition coefficient (Wildman–Crippen LogP) is 1.64. The molecule has 0 aliphatic carbocycles. The summed E-state index contributed by atoms with van der Waals surface area (Å²) in [6.07, 6.45) is 0.673. The van der Waals surface area contributed by atoms with Gasteiger partial charge in [-0.25, -0.2) is 13.6 Å². The molecule has 2 N–H and O–H groups in total. The Morgan fingerprint density at radius 3 is 2.56 bits per heavy atom. The van der Waals surface area contributed by atoms with Gasteiger partial charge in [-0.1, -0.05) is 6.07 Å². The van der Waals surface area contributed by atoms with E-state index in [9.17, 15) is 18.4 Å². The number of fused-ring (bicyclic) bond motifs is 1. The lowest BCUT2D eigenvalue weighted by Gasteiger charge is -2.19. The van der Waals surface area contributed by atoms with E-state index in [-0.39, 0.29) is 10.6 Å². The number of methoxy groups -OCH3 is 1. The van der Waals surface area contributed by atoms with E-state index in [1.807, 2.05) is 7.05 Å². The van der Waals surface area contributed by atoms with Crippen molar-refractivity contribution in [1.82, 2.24) is 0 Å². The van der Waals surface area contributed by atoms with Crippen molar-refractivity contribution in [2.45, 2.75) is 13.0 Å². The summed E-state index contributed by atoms with van der Waals surface area (Å²) in [5.74, 6) is -3.41. The Morgan fingerprint density at radius 2 is 1.92 bits per heavy atom. The molecule has 8 heteroatoms. The number of benzene rings is 1. The quantitative estimate of drug-likeness (QED) is 0.811. The first-order chi connectivity index (χ1) is 11.9. The molecular weight excluding hydrogens is 350 g/mol. The van der Waals surface area contributed by atoms with E-state index in [4.69, 9.17) is 4.74 Å². The van der Waals surface area contributed by atoms with Crippen molar-refractivity contribution in [3.63, 3.8) is 0 Å². The lowest BCUT2D eigenvalue weighted by atomic mass is 10.0. The second-order valence-corrected chi connectivity index (χ2v) is 6.99. The van der Waals surface area contributed by atoms with Crippen LogP contribution in [-0.2, 0) is 17.7 Å². The molecule has 1 amide bonds. The van der Waals surface area contributed by atoms with Crippen molar-refractivity contribution in [3.8, 4) is 0 Å². The second-order valence-electron chi connectivity index (χ2n) is 5.88. The van der Waals surface area contributed by atoms with Crippen molar-refractivity contribution in [2.24, 2.45) is 0 Å². The van der Waals surface area contributed by atoms with Gasteiger partial charge in [0.25, 0.3) is 5.91 Å². The first-order valence-corrected chi connectivity index (χ1v) is 8.53. The number of nitrogens with one attached hydrogen (secondary N) is 2. The number of esters is 1. The Hall–Kier alpha value is -2.32. The fraction of sp³-hybridized carbons (Fsp3) is 0.294. The van der Waals surface area contributed by atoms with Crippen LogP contribution < -0.4 is 10.2 Å². The Labute approximate surface area is 147 Å². The van der Waals surface area contributed by atoms with Gasteiger partial charge in [0, 0.05) is 6.42 Å². The summed E-state index contributed by atoms with van der Waals surface area (Å²) in [7, 11) is 3.29. The summed E-state index contributed by atoms with van der Waals surface area (Å²) in [4.78, 5) is 26.8. The summed E-state index contributed by atoms with van der Waals surface area (Å²) in [5, 5.41) is 2.75. The maximum Gasteiger partial charge on any atom is 0.341 e. The van der Waals surface area contributed by atoms with Crippen molar-refractivity contribution >= 4 is 28.2 Å². The molecule has 132 valence electrons. The number of rotatable bonds is 3. The van der Waals surface area contributed by atoms with E-state index in [0.717, 1.165) is 29.1 Å². The SMILES string of the molecule is COC(=O)c1c(NC(=O)c2c(F)cccc2F)sc2c1CC[NH+](C)C2.